The lowest BCUT2D eigenvalue weighted by Gasteiger charge is -2.17. The maximum Gasteiger partial charge on any atom is 0.0314 e. The molecule has 0 atom stereocenters. The summed E-state index contributed by atoms with van der Waals surface area (Å²) >= 11 is 0. The first-order valence-corrected chi connectivity index (χ1v) is 9.54. The molecule has 0 radical (unpaired) electrons. The van der Waals surface area contributed by atoms with Gasteiger partial charge in [0.15, 0.2) is 0 Å². The topological polar surface area (TPSA) is 52.0 Å². The minimum atomic E-state index is 0.786. The van der Waals surface area contributed by atoms with E-state index in [0.29, 0.717) is 0 Å². The Morgan fingerprint density at radius 3 is 1.04 bits per heavy atom. The van der Waals surface area contributed by atoms with Gasteiger partial charge in [-0.1, -0.05) is 48.6 Å². The van der Waals surface area contributed by atoms with Gasteiger partial charge >= 0.3 is 0 Å². The molecule has 3 aromatic rings. The molecule has 0 amide bonds. The largest absolute Gasteiger partial charge is 0.399 e. The molecule has 0 saturated carbocycles. The quantitative estimate of drug-likeness (QED) is 0.412. The molecule has 0 aliphatic carbocycles. The highest BCUT2D eigenvalue weighted by Crippen LogP contribution is 2.29. The molecule has 3 rings (SSSR count). The first-order chi connectivity index (χ1) is 13.4. The van der Waals surface area contributed by atoms with Crippen LogP contribution in [0.4, 0.5) is 11.4 Å². The van der Waals surface area contributed by atoms with Crippen molar-refractivity contribution in [1.82, 2.24) is 0 Å². The third kappa shape index (κ3) is 4.17. The molecule has 142 valence electrons. The number of benzene rings is 3. The second-order valence-electron chi connectivity index (χ2n) is 7.33. The Morgan fingerprint density at radius 2 is 0.750 bits per heavy atom. The Kier molecular flexibility index (Phi) is 5.70. The van der Waals surface area contributed by atoms with Crippen LogP contribution in [0.3, 0.4) is 0 Å². The lowest BCUT2D eigenvalue weighted by atomic mass is 9.88. The summed E-state index contributed by atoms with van der Waals surface area (Å²) in [5.74, 6) is 0. The van der Waals surface area contributed by atoms with Gasteiger partial charge in [0.1, 0.15) is 0 Å². The molecule has 0 aliphatic heterocycles. The van der Waals surface area contributed by atoms with Crippen molar-refractivity contribution in [2.24, 2.45) is 0 Å². The van der Waals surface area contributed by atoms with E-state index in [-0.39, 0.29) is 0 Å². The Balaban J connectivity index is 1.96. The van der Waals surface area contributed by atoms with Gasteiger partial charge in [0.25, 0.3) is 0 Å². The number of hydrogen-bond acceptors (Lipinski definition) is 2. The molecule has 3 aromatic carbocycles. The third-order valence-electron chi connectivity index (χ3n) is 5.50. The highest BCUT2D eigenvalue weighted by Gasteiger charge is 2.11. The second kappa shape index (κ2) is 8.18. The van der Waals surface area contributed by atoms with Gasteiger partial charge in [-0.05, 0) is 96.5 Å². The molecular formula is C26H28N2. The van der Waals surface area contributed by atoms with Crippen LogP contribution in [0.5, 0.6) is 0 Å². The van der Waals surface area contributed by atoms with Gasteiger partial charge in [0, 0.05) is 11.4 Å². The highest BCUT2D eigenvalue weighted by atomic mass is 14.5. The van der Waals surface area contributed by atoms with Crippen LogP contribution < -0.4 is 11.5 Å². The van der Waals surface area contributed by atoms with Gasteiger partial charge in [-0.15, -0.1) is 0 Å². The van der Waals surface area contributed by atoms with Crippen molar-refractivity contribution >= 4 is 35.7 Å². The molecule has 0 bridgehead atoms. The van der Waals surface area contributed by atoms with E-state index in [0.717, 1.165) is 22.5 Å². The molecular weight excluding hydrogens is 340 g/mol. The fraction of sp³-hybridized carbons (Fsp3) is 0.154. The summed E-state index contributed by atoms with van der Waals surface area (Å²) in [4.78, 5) is 0. The molecule has 2 nitrogen and oxygen atoms in total. The summed E-state index contributed by atoms with van der Waals surface area (Å²) in [6.07, 6.45) is 8.72. The zero-order chi connectivity index (χ0) is 20.3. The molecule has 2 heteroatoms. The van der Waals surface area contributed by atoms with Crippen molar-refractivity contribution in [3.63, 3.8) is 0 Å². The third-order valence-corrected chi connectivity index (χ3v) is 5.50. The monoisotopic (exact) mass is 368 g/mol. The number of nitrogens with two attached hydrogens (primary N) is 2. The lowest BCUT2D eigenvalue weighted by molar-refractivity contribution is 1.21. The zero-order valence-corrected chi connectivity index (χ0v) is 17.1. The van der Waals surface area contributed by atoms with Crippen molar-refractivity contribution < 1.29 is 0 Å². The Bertz CT molecular complexity index is 922. The summed E-state index contributed by atoms with van der Waals surface area (Å²) in [6, 6.07) is 15.9. The minimum Gasteiger partial charge on any atom is -0.399 e. The summed E-state index contributed by atoms with van der Waals surface area (Å²) < 4.78 is 0. The fourth-order valence-electron chi connectivity index (χ4n) is 3.44. The predicted octanol–water partition coefficient (Wildman–Crippen LogP) is 6.43. The standard InChI is InChI=1S/C26H28N2/c1-17-18(2)26(16-10-22-7-13-24(28)14-8-22)20(4)19(3)25(17)15-9-21-5-11-23(27)12-6-21/h5-16H,27-28H2,1-4H3/b15-9+,16-10+. The van der Waals surface area contributed by atoms with Crippen LogP contribution in [-0.2, 0) is 0 Å². The number of nitrogen functional groups attached to an aromatic ring is 2. The molecule has 0 unspecified atom stereocenters. The average Bonchev–Trinajstić information content (AvgIpc) is 2.69. The molecule has 28 heavy (non-hydrogen) atoms. The van der Waals surface area contributed by atoms with E-state index in [1.807, 2.05) is 48.5 Å². The van der Waals surface area contributed by atoms with Crippen LogP contribution in [0.1, 0.15) is 44.5 Å². The van der Waals surface area contributed by atoms with E-state index < -0.39 is 0 Å². The van der Waals surface area contributed by atoms with E-state index in [2.05, 4.69) is 52.0 Å². The minimum absolute atomic E-state index is 0.786. The van der Waals surface area contributed by atoms with Crippen molar-refractivity contribution in [3.05, 3.63) is 93.0 Å². The van der Waals surface area contributed by atoms with E-state index in [4.69, 9.17) is 11.5 Å². The SMILES string of the molecule is Cc1c(C)c(/C=C/c2ccc(N)cc2)c(C)c(C)c1/C=C/c1ccc(N)cc1. The van der Waals surface area contributed by atoms with E-state index in [1.54, 1.807) is 0 Å². The first kappa shape index (κ1) is 19.5. The van der Waals surface area contributed by atoms with Crippen molar-refractivity contribution in [1.29, 1.82) is 0 Å². The van der Waals surface area contributed by atoms with Crippen molar-refractivity contribution in [3.8, 4) is 0 Å². The molecule has 4 N–H and O–H groups in total. The molecule has 0 spiro atoms. The van der Waals surface area contributed by atoms with E-state index in [9.17, 15) is 0 Å². The van der Waals surface area contributed by atoms with Crippen LogP contribution >= 0.6 is 0 Å². The zero-order valence-electron chi connectivity index (χ0n) is 17.1. The van der Waals surface area contributed by atoms with Gasteiger partial charge in [-0.2, -0.15) is 0 Å². The van der Waals surface area contributed by atoms with Crippen LogP contribution in [0, 0.1) is 27.7 Å². The molecule has 0 aliphatic rings. The molecule has 0 heterocycles. The van der Waals surface area contributed by atoms with Gasteiger partial charge in [0.2, 0.25) is 0 Å². The van der Waals surface area contributed by atoms with Crippen molar-refractivity contribution in [2.45, 2.75) is 27.7 Å². The molecule has 0 fully saturated rings. The normalized spacial score (nSPS) is 11.6. The Hall–Kier alpha value is -3.26. The summed E-state index contributed by atoms with van der Waals surface area (Å²) in [5, 5.41) is 0. The smallest absolute Gasteiger partial charge is 0.0314 e. The van der Waals surface area contributed by atoms with Crippen LogP contribution in [-0.4, -0.2) is 0 Å². The summed E-state index contributed by atoms with van der Waals surface area (Å²) in [5.41, 5.74) is 23.3. The summed E-state index contributed by atoms with van der Waals surface area (Å²) in [7, 11) is 0. The van der Waals surface area contributed by atoms with Crippen LogP contribution in [0.2, 0.25) is 0 Å². The van der Waals surface area contributed by atoms with Crippen LogP contribution in [0.25, 0.3) is 24.3 Å². The van der Waals surface area contributed by atoms with E-state index in [1.165, 1.54) is 33.4 Å². The molecule has 0 aromatic heterocycles. The number of rotatable bonds is 4. The lowest BCUT2D eigenvalue weighted by Crippen LogP contribution is -1.99. The maximum atomic E-state index is 5.78. The first-order valence-electron chi connectivity index (χ1n) is 9.54. The van der Waals surface area contributed by atoms with Crippen molar-refractivity contribution in [2.75, 3.05) is 11.5 Å². The Labute approximate surface area is 168 Å². The Morgan fingerprint density at radius 1 is 0.464 bits per heavy atom. The average molecular weight is 369 g/mol. The number of hydrogen-bond donors (Lipinski definition) is 2. The van der Waals surface area contributed by atoms with Gasteiger partial charge in [-0.25, -0.2) is 0 Å². The predicted molar refractivity (Wildman–Crippen MR) is 125 cm³/mol. The highest BCUT2D eigenvalue weighted by molar-refractivity contribution is 5.80. The van der Waals surface area contributed by atoms with Gasteiger partial charge in [0.05, 0.1) is 0 Å². The van der Waals surface area contributed by atoms with E-state index >= 15 is 0 Å². The maximum absolute atomic E-state index is 5.78. The second-order valence-corrected chi connectivity index (χ2v) is 7.33. The number of anilines is 2. The van der Waals surface area contributed by atoms with Crippen LogP contribution in [0.15, 0.2) is 48.5 Å². The fourth-order valence-corrected chi connectivity index (χ4v) is 3.44. The molecule has 0 saturated heterocycles. The summed E-state index contributed by atoms with van der Waals surface area (Å²) in [6.45, 7) is 8.80. The van der Waals surface area contributed by atoms with Gasteiger partial charge < -0.3 is 11.5 Å². The van der Waals surface area contributed by atoms with Gasteiger partial charge in [-0.3, -0.25) is 0 Å².